The zero-order valence-corrected chi connectivity index (χ0v) is 9.68. The van der Waals surface area contributed by atoms with Crippen molar-refractivity contribution in [1.29, 1.82) is 0 Å². The second kappa shape index (κ2) is 5.93. The Kier molecular flexibility index (Phi) is 4.82. The zero-order valence-electron chi connectivity index (χ0n) is 8.86. The lowest BCUT2D eigenvalue weighted by atomic mass is 10.3. The molecule has 2 N–H and O–H groups in total. The van der Waals surface area contributed by atoms with Crippen molar-refractivity contribution in [2.75, 3.05) is 18.8 Å². The first-order valence-corrected chi connectivity index (χ1v) is 5.84. The van der Waals surface area contributed by atoms with Gasteiger partial charge in [-0.25, -0.2) is 0 Å². The molecule has 0 spiro atoms. The number of rotatable bonds is 6. The number of nitrogens with two attached hydrogens (primary N) is 1. The fourth-order valence-corrected chi connectivity index (χ4v) is 1.71. The van der Waals surface area contributed by atoms with E-state index >= 15 is 0 Å². The Morgan fingerprint density at radius 1 is 1.43 bits per heavy atom. The molecule has 0 aliphatic heterocycles. The topological polar surface area (TPSA) is 55.0 Å². The number of anilines is 1. The summed E-state index contributed by atoms with van der Waals surface area (Å²) in [6.07, 6.45) is 2.45. The molecule has 1 rings (SSSR count). The largest absolute Gasteiger partial charge is 0.388 e. The summed E-state index contributed by atoms with van der Waals surface area (Å²) in [4.78, 5) is 2.34. The summed E-state index contributed by atoms with van der Waals surface area (Å²) < 4.78 is 3.83. The van der Waals surface area contributed by atoms with Gasteiger partial charge in [0.05, 0.1) is 0 Å². The summed E-state index contributed by atoms with van der Waals surface area (Å²) >= 11 is 1.27. The molecule has 0 atom stereocenters. The average molecular weight is 214 g/mol. The Hall–Kier alpha value is -0.680. The van der Waals surface area contributed by atoms with Crippen molar-refractivity contribution in [3.8, 4) is 0 Å². The maximum atomic E-state index is 5.74. The molecule has 0 saturated carbocycles. The van der Waals surface area contributed by atoms with Crippen molar-refractivity contribution in [2.45, 2.75) is 33.2 Å². The minimum Gasteiger partial charge on any atom is -0.388 e. The highest BCUT2D eigenvalue weighted by atomic mass is 32.1. The average Bonchev–Trinajstić information content (AvgIpc) is 2.59. The Labute approximate surface area is 89.3 Å². The van der Waals surface area contributed by atoms with Gasteiger partial charge in [-0.15, -0.1) is 5.10 Å². The Morgan fingerprint density at radius 3 is 2.71 bits per heavy atom. The summed E-state index contributed by atoms with van der Waals surface area (Å²) in [5.74, 6) is 0. The predicted molar refractivity (Wildman–Crippen MR) is 60.2 cm³/mol. The maximum Gasteiger partial charge on any atom is 0.132 e. The monoisotopic (exact) mass is 214 g/mol. The maximum absolute atomic E-state index is 5.74. The Bertz CT molecular complexity index is 261. The summed E-state index contributed by atoms with van der Waals surface area (Å²) in [5, 5.41) is 4.76. The molecule has 1 aromatic heterocycles. The third-order valence-electron chi connectivity index (χ3n) is 2.23. The van der Waals surface area contributed by atoms with Crippen LogP contribution >= 0.6 is 11.5 Å². The standard InChI is InChI=1S/C9H18N4S/c1-3-5-6-13(4-2)7-8-9(10)14-12-11-8/h3-7,10H2,1-2H3. The lowest BCUT2D eigenvalue weighted by molar-refractivity contribution is 0.272. The molecule has 0 unspecified atom stereocenters. The van der Waals surface area contributed by atoms with Gasteiger partial charge in [-0.2, -0.15) is 0 Å². The van der Waals surface area contributed by atoms with Crippen LogP contribution in [0.3, 0.4) is 0 Å². The van der Waals surface area contributed by atoms with Gasteiger partial charge >= 0.3 is 0 Å². The van der Waals surface area contributed by atoms with E-state index in [0.717, 1.165) is 30.3 Å². The van der Waals surface area contributed by atoms with Gasteiger partial charge in [0.15, 0.2) is 0 Å². The van der Waals surface area contributed by atoms with Gasteiger partial charge in [0.2, 0.25) is 0 Å². The van der Waals surface area contributed by atoms with Gasteiger partial charge in [0.25, 0.3) is 0 Å². The molecule has 5 heteroatoms. The van der Waals surface area contributed by atoms with E-state index < -0.39 is 0 Å². The van der Waals surface area contributed by atoms with Crippen LogP contribution in [0.25, 0.3) is 0 Å². The van der Waals surface area contributed by atoms with Crippen LogP contribution in [0.4, 0.5) is 5.00 Å². The molecular weight excluding hydrogens is 196 g/mol. The van der Waals surface area contributed by atoms with E-state index in [1.807, 2.05) is 0 Å². The first-order chi connectivity index (χ1) is 6.77. The molecule has 0 aliphatic carbocycles. The van der Waals surface area contributed by atoms with Crippen LogP contribution in [0.1, 0.15) is 32.4 Å². The molecule has 0 bridgehead atoms. The van der Waals surface area contributed by atoms with Crippen molar-refractivity contribution in [2.24, 2.45) is 0 Å². The Balaban J connectivity index is 2.44. The van der Waals surface area contributed by atoms with E-state index in [0.29, 0.717) is 0 Å². The van der Waals surface area contributed by atoms with Crippen LogP contribution in [0.2, 0.25) is 0 Å². The van der Waals surface area contributed by atoms with Crippen LogP contribution in [-0.2, 0) is 6.54 Å². The van der Waals surface area contributed by atoms with E-state index in [1.165, 1.54) is 24.4 Å². The van der Waals surface area contributed by atoms with E-state index in [4.69, 9.17) is 5.73 Å². The van der Waals surface area contributed by atoms with Crippen LogP contribution in [0.15, 0.2) is 0 Å². The van der Waals surface area contributed by atoms with Crippen molar-refractivity contribution in [1.82, 2.24) is 14.5 Å². The Morgan fingerprint density at radius 2 is 2.21 bits per heavy atom. The second-order valence-corrected chi connectivity index (χ2v) is 4.09. The number of nitrogen functional groups attached to an aromatic ring is 1. The van der Waals surface area contributed by atoms with Crippen LogP contribution in [0, 0.1) is 0 Å². The number of hydrogen-bond acceptors (Lipinski definition) is 5. The SMILES string of the molecule is CCCCN(CC)Cc1nnsc1N. The van der Waals surface area contributed by atoms with E-state index in [2.05, 4.69) is 28.3 Å². The lowest BCUT2D eigenvalue weighted by Gasteiger charge is -2.18. The third-order valence-corrected chi connectivity index (χ3v) is 2.83. The molecule has 4 nitrogen and oxygen atoms in total. The fourth-order valence-electron chi connectivity index (χ4n) is 1.27. The van der Waals surface area contributed by atoms with Crippen LogP contribution < -0.4 is 5.73 Å². The molecule has 1 aromatic rings. The smallest absolute Gasteiger partial charge is 0.132 e. The molecular formula is C9H18N4S. The van der Waals surface area contributed by atoms with Gasteiger partial charge in [-0.3, -0.25) is 4.90 Å². The number of hydrogen-bond donors (Lipinski definition) is 1. The summed E-state index contributed by atoms with van der Waals surface area (Å²) in [7, 11) is 0. The molecule has 0 aliphatic rings. The van der Waals surface area contributed by atoms with Crippen molar-refractivity contribution in [3.63, 3.8) is 0 Å². The first kappa shape index (κ1) is 11.4. The number of aromatic nitrogens is 2. The van der Waals surface area contributed by atoms with Gasteiger partial charge < -0.3 is 5.73 Å². The zero-order chi connectivity index (χ0) is 10.4. The molecule has 0 amide bonds. The predicted octanol–water partition coefficient (Wildman–Crippen LogP) is 1.74. The van der Waals surface area contributed by atoms with Crippen molar-refractivity contribution < 1.29 is 0 Å². The molecule has 1 heterocycles. The first-order valence-electron chi connectivity index (χ1n) is 5.07. The second-order valence-electron chi connectivity index (χ2n) is 3.31. The molecule has 0 fully saturated rings. The normalized spacial score (nSPS) is 11.1. The number of unbranched alkanes of at least 4 members (excludes halogenated alkanes) is 1. The molecule has 0 saturated heterocycles. The van der Waals surface area contributed by atoms with Crippen molar-refractivity contribution >= 4 is 16.5 Å². The van der Waals surface area contributed by atoms with Gasteiger partial charge in [0.1, 0.15) is 10.7 Å². The van der Waals surface area contributed by atoms with E-state index in [9.17, 15) is 0 Å². The highest BCUT2D eigenvalue weighted by molar-refractivity contribution is 7.09. The molecule has 0 radical (unpaired) electrons. The quantitative estimate of drug-likeness (QED) is 0.783. The minimum absolute atomic E-state index is 0.750. The third kappa shape index (κ3) is 3.23. The van der Waals surface area contributed by atoms with E-state index in [1.54, 1.807) is 0 Å². The van der Waals surface area contributed by atoms with Crippen molar-refractivity contribution in [3.05, 3.63) is 5.69 Å². The summed E-state index contributed by atoms with van der Waals surface area (Å²) in [6, 6.07) is 0. The van der Waals surface area contributed by atoms with Crippen LogP contribution in [0.5, 0.6) is 0 Å². The summed E-state index contributed by atoms with van der Waals surface area (Å²) in [6.45, 7) is 7.35. The molecule has 14 heavy (non-hydrogen) atoms. The molecule has 80 valence electrons. The summed E-state index contributed by atoms with van der Waals surface area (Å²) in [5.41, 5.74) is 6.66. The van der Waals surface area contributed by atoms with Gasteiger partial charge in [0, 0.05) is 18.1 Å². The number of nitrogens with zero attached hydrogens (tertiary/aromatic N) is 3. The minimum atomic E-state index is 0.750. The van der Waals surface area contributed by atoms with Gasteiger partial charge in [-0.05, 0) is 19.5 Å². The fraction of sp³-hybridized carbons (Fsp3) is 0.778. The lowest BCUT2D eigenvalue weighted by Crippen LogP contribution is -2.24. The highest BCUT2D eigenvalue weighted by Crippen LogP contribution is 2.14. The highest BCUT2D eigenvalue weighted by Gasteiger charge is 2.08. The van der Waals surface area contributed by atoms with Gasteiger partial charge in [-0.1, -0.05) is 24.8 Å². The van der Waals surface area contributed by atoms with Crippen LogP contribution in [-0.4, -0.2) is 27.6 Å². The molecule has 0 aromatic carbocycles. The van der Waals surface area contributed by atoms with E-state index in [-0.39, 0.29) is 0 Å².